The Bertz CT molecular complexity index is 760. The summed E-state index contributed by atoms with van der Waals surface area (Å²) >= 11 is 0. The number of aryl methyl sites for hydroxylation is 1. The Hall–Kier alpha value is -2.70. The number of carboxylic acid groups (broad SMARTS) is 1. The Labute approximate surface area is 138 Å². The van der Waals surface area contributed by atoms with E-state index in [-0.39, 0.29) is 30.3 Å². The maximum absolute atomic E-state index is 14.4. The zero-order chi connectivity index (χ0) is 17.3. The van der Waals surface area contributed by atoms with Crippen molar-refractivity contribution in [2.75, 3.05) is 13.1 Å². The van der Waals surface area contributed by atoms with Gasteiger partial charge in [-0.1, -0.05) is 30.3 Å². The molecule has 1 saturated heterocycles. The average Bonchev–Trinajstić information content (AvgIpc) is 3.11. The van der Waals surface area contributed by atoms with Gasteiger partial charge in [-0.05, 0) is 12.0 Å². The smallest absolute Gasteiger partial charge is 0.339 e. The number of rotatable bonds is 4. The van der Waals surface area contributed by atoms with Crippen molar-refractivity contribution in [2.24, 2.45) is 13.0 Å². The lowest BCUT2D eigenvalue weighted by Gasteiger charge is -2.16. The monoisotopic (exact) mass is 331 g/mol. The van der Waals surface area contributed by atoms with E-state index in [4.69, 9.17) is 0 Å². The van der Waals surface area contributed by atoms with Gasteiger partial charge in [0.2, 0.25) is 0 Å². The van der Waals surface area contributed by atoms with Gasteiger partial charge in [0.1, 0.15) is 17.4 Å². The Morgan fingerprint density at radius 3 is 2.67 bits per heavy atom. The summed E-state index contributed by atoms with van der Waals surface area (Å²) in [6.45, 7) is 0.236. The van der Waals surface area contributed by atoms with E-state index in [1.54, 1.807) is 0 Å². The van der Waals surface area contributed by atoms with Crippen molar-refractivity contribution in [3.05, 3.63) is 53.3 Å². The van der Waals surface area contributed by atoms with E-state index in [1.165, 1.54) is 16.6 Å². The molecule has 0 aliphatic carbocycles. The number of alkyl halides is 1. The van der Waals surface area contributed by atoms with Crippen LogP contribution in [0.25, 0.3) is 0 Å². The molecule has 1 aromatic carbocycles. The van der Waals surface area contributed by atoms with Crippen LogP contribution in [0.15, 0.2) is 36.5 Å². The normalized spacial score (nSPS) is 20.3. The van der Waals surface area contributed by atoms with Crippen LogP contribution in [0.4, 0.5) is 4.39 Å². The van der Waals surface area contributed by atoms with E-state index in [2.05, 4.69) is 5.10 Å². The molecule has 0 saturated carbocycles. The molecule has 1 aliphatic rings. The van der Waals surface area contributed by atoms with E-state index in [0.717, 1.165) is 11.8 Å². The zero-order valence-corrected chi connectivity index (χ0v) is 13.2. The van der Waals surface area contributed by atoms with Crippen molar-refractivity contribution < 1.29 is 19.1 Å². The van der Waals surface area contributed by atoms with Crippen molar-refractivity contribution in [1.82, 2.24) is 14.7 Å². The van der Waals surface area contributed by atoms with E-state index < -0.39 is 18.0 Å². The SMILES string of the molecule is Cn1ncc(C(=O)O)c1C(=O)N1C[C@H](Cc2ccccc2)[C@H](F)C1. The second kappa shape index (κ2) is 6.43. The molecule has 1 amide bonds. The fourth-order valence-corrected chi connectivity index (χ4v) is 3.10. The minimum atomic E-state index is -1.22. The summed E-state index contributed by atoms with van der Waals surface area (Å²) in [5.41, 5.74) is 0.839. The molecule has 2 heterocycles. The van der Waals surface area contributed by atoms with Gasteiger partial charge in [-0.15, -0.1) is 0 Å². The molecule has 126 valence electrons. The number of nitrogens with zero attached hydrogens (tertiary/aromatic N) is 3. The summed E-state index contributed by atoms with van der Waals surface area (Å²) in [5, 5.41) is 13.0. The van der Waals surface area contributed by atoms with Crippen molar-refractivity contribution in [3.8, 4) is 0 Å². The van der Waals surface area contributed by atoms with Crippen molar-refractivity contribution >= 4 is 11.9 Å². The summed E-state index contributed by atoms with van der Waals surface area (Å²) in [4.78, 5) is 25.2. The molecule has 0 radical (unpaired) electrons. The molecular weight excluding hydrogens is 313 g/mol. The first-order chi connectivity index (χ1) is 11.5. The van der Waals surface area contributed by atoms with Crippen molar-refractivity contribution in [3.63, 3.8) is 0 Å². The highest BCUT2D eigenvalue weighted by Gasteiger charge is 2.37. The van der Waals surface area contributed by atoms with E-state index in [1.807, 2.05) is 30.3 Å². The predicted octanol–water partition coefficient (Wildman–Crippen LogP) is 1.77. The quantitative estimate of drug-likeness (QED) is 0.926. The minimum Gasteiger partial charge on any atom is -0.478 e. The number of carboxylic acids is 1. The molecule has 7 heteroatoms. The van der Waals surface area contributed by atoms with Gasteiger partial charge in [0, 0.05) is 19.5 Å². The van der Waals surface area contributed by atoms with Crippen LogP contribution in [0.5, 0.6) is 0 Å². The minimum absolute atomic E-state index is 0.0185. The first kappa shape index (κ1) is 16.2. The van der Waals surface area contributed by atoms with E-state index in [9.17, 15) is 19.1 Å². The summed E-state index contributed by atoms with van der Waals surface area (Å²) in [6.07, 6.45) is 0.554. The first-order valence-corrected chi connectivity index (χ1v) is 7.70. The predicted molar refractivity (Wildman–Crippen MR) is 84.6 cm³/mol. The molecule has 0 spiro atoms. The molecule has 1 fully saturated rings. The van der Waals surface area contributed by atoms with Crippen molar-refractivity contribution in [1.29, 1.82) is 0 Å². The number of benzene rings is 1. The molecule has 1 N–H and O–H groups in total. The van der Waals surface area contributed by atoms with E-state index in [0.29, 0.717) is 6.42 Å². The van der Waals surface area contributed by atoms with Gasteiger partial charge in [-0.2, -0.15) is 5.10 Å². The number of hydrogen-bond donors (Lipinski definition) is 1. The number of halogens is 1. The highest BCUT2D eigenvalue weighted by molar-refractivity contribution is 6.03. The third-order valence-corrected chi connectivity index (χ3v) is 4.36. The Morgan fingerprint density at radius 2 is 2.00 bits per heavy atom. The third kappa shape index (κ3) is 3.02. The molecule has 24 heavy (non-hydrogen) atoms. The fourth-order valence-electron chi connectivity index (χ4n) is 3.10. The summed E-state index contributed by atoms with van der Waals surface area (Å²) in [7, 11) is 1.50. The van der Waals surface area contributed by atoms with Crippen molar-refractivity contribution in [2.45, 2.75) is 12.6 Å². The number of aromatic nitrogens is 2. The molecule has 0 bridgehead atoms. The molecule has 3 rings (SSSR count). The highest BCUT2D eigenvalue weighted by Crippen LogP contribution is 2.26. The van der Waals surface area contributed by atoms with Gasteiger partial charge in [0.15, 0.2) is 0 Å². The molecule has 0 unspecified atom stereocenters. The average molecular weight is 331 g/mol. The van der Waals surface area contributed by atoms with Crippen LogP contribution in [-0.4, -0.2) is 50.9 Å². The van der Waals surface area contributed by atoms with Gasteiger partial charge in [-0.3, -0.25) is 9.48 Å². The Kier molecular flexibility index (Phi) is 4.33. The fraction of sp³-hybridized carbons (Fsp3) is 0.353. The Balaban J connectivity index is 1.76. The van der Waals surface area contributed by atoms with Gasteiger partial charge in [0.25, 0.3) is 5.91 Å². The van der Waals surface area contributed by atoms with Gasteiger partial charge < -0.3 is 10.0 Å². The first-order valence-electron chi connectivity index (χ1n) is 7.70. The van der Waals surface area contributed by atoms with Gasteiger partial charge in [0.05, 0.1) is 12.7 Å². The zero-order valence-electron chi connectivity index (χ0n) is 13.2. The lowest BCUT2D eigenvalue weighted by molar-refractivity contribution is 0.0677. The lowest BCUT2D eigenvalue weighted by atomic mass is 9.97. The highest BCUT2D eigenvalue weighted by atomic mass is 19.1. The van der Waals surface area contributed by atoms with E-state index >= 15 is 0 Å². The number of likely N-dealkylation sites (tertiary alicyclic amines) is 1. The molecule has 2 aromatic rings. The van der Waals surface area contributed by atoms with Gasteiger partial charge in [-0.25, -0.2) is 9.18 Å². The second-order valence-electron chi connectivity index (χ2n) is 6.01. The maximum atomic E-state index is 14.4. The number of hydrogen-bond acceptors (Lipinski definition) is 3. The molecule has 2 atom stereocenters. The lowest BCUT2D eigenvalue weighted by Crippen LogP contribution is -2.32. The molecular formula is C17H18FN3O3. The summed E-state index contributed by atoms with van der Waals surface area (Å²) < 4.78 is 15.6. The number of carbonyl (C=O) groups is 2. The van der Waals surface area contributed by atoms with Crippen LogP contribution in [-0.2, 0) is 13.5 Å². The van der Waals surface area contributed by atoms with Crippen LogP contribution in [0.2, 0.25) is 0 Å². The molecule has 6 nitrogen and oxygen atoms in total. The maximum Gasteiger partial charge on any atom is 0.339 e. The van der Waals surface area contributed by atoms with Crippen LogP contribution in [0.3, 0.4) is 0 Å². The standard InChI is InChI=1S/C17H18FN3O3/c1-20-15(13(8-19-20)17(23)24)16(22)21-9-12(14(18)10-21)7-11-5-3-2-4-6-11/h2-6,8,12,14H,7,9-10H2,1H3,(H,23,24)/t12-,14+/m0/s1. The number of amides is 1. The largest absolute Gasteiger partial charge is 0.478 e. The molecule has 1 aliphatic heterocycles. The van der Waals surface area contributed by atoms with Crippen LogP contribution >= 0.6 is 0 Å². The third-order valence-electron chi connectivity index (χ3n) is 4.36. The van der Waals surface area contributed by atoms with Crippen LogP contribution in [0.1, 0.15) is 26.4 Å². The van der Waals surface area contributed by atoms with Crippen LogP contribution < -0.4 is 0 Å². The summed E-state index contributed by atoms with van der Waals surface area (Å²) in [6, 6.07) is 9.56. The second-order valence-corrected chi connectivity index (χ2v) is 6.01. The topological polar surface area (TPSA) is 75.4 Å². The molecule has 1 aromatic heterocycles. The number of aromatic carboxylic acids is 1. The van der Waals surface area contributed by atoms with Gasteiger partial charge >= 0.3 is 5.97 Å². The Morgan fingerprint density at radius 1 is 1.29 bits per heavy atom. The number of carbonyl (C=O) groups excluding carboxylic acids is 1. The van der Waals surface area contributed by atoms with Crippen LogP contribution in [0, 0.1) is 5.92 Å². The summed E-state index contributed by atoms with van der Waals surface area (Å²) in [5.74, 6) is -2.01.